The van der Waals surface area contributed by atoms with Crippen LogP contribution in [-0.4, -0.2) is 10.1 Å². The summed E-state index contributed by atoms with van der Waals surface area (Å²) in [5, 5.41) is 4.15. The third-order valence-electron chi connectivity index (χ3n) is 4.84. The fraction of sp³-hybridized carbons (Fsp3) is 0.579. The van der Waals surface area contributed by atoms with Crippen molar-refractivity contribution in [2.24, 2.45) is 5.73 Å². The van der Waals surface area contributed by atoms with Crippen LogP contribution >= 0.6 is 12.4 Å². The van der Waals surface area contributed by atoms with Crippen molar-refractivity contribution in [3.05, 3.63) is 41.5 Å². The van der Waals surface area contributed by atoms with Crippen molar-refractivity contribution in [1.29, 1.82) is 0 Å². The number of aromatic nitrogens is 2. The van der Waals surface area contributed by atoms with Gasteiger partial charge in [-0.1, -0.05) is 57.0 Å². The molecule has 138 valence electrons. The second-order valence-corrected chi connectivity index (χ2v) is 7.03. The molecule has 3 rings (SSSR count). The van der Waals surface area contributed by atoms with Crippen LogP contribution in [0.3, 0.4) is 0 Å². The summed E-state index contributed by atoms with van der Waals surface area (Å²) in [6.45, 7) is 6.37. The zero-order valence-electron chi connectivity index (χ0n) is 15.2. The number of para-hydroxylation sites is 1. The highest BCUT2D eigenvalue weighted by Gasteiger charge is 2.36. The van der Waals surface area contributed by atoms with Crippen LogP contribution in [-0.2, 0) is 5.54 Å². The van der Waals surface area contributed by atoms with E-state index < -0.39 is 5.54 Å². The largest absolute Gasteiger partial charge is 0.480 e. The van der Waals surface area contributed by atoms with Gasteiger partial charge in [0.15, 0.2) is 11.9 Å². The smallest absolute Gasteiger partial charge is 0.267 e. The number of hydrogen-bond donors (Lipinski definition) is 1. The first-order valence-electron chi connectivity index (χ1n) is 8.92. The third-order valence-corrected chi connectivity index (χ3v) is 4.84. The van der Waals surface area contributed by atoms with Crippen molar-refractivity contribution >= 4 is 12.4 Å². The zero-order valence-corrected chi connectivity index (χ0v) is 16.0. The van der Waals surface area contributed by atoms with Crippen LogP contribution in [0.5, 0.6) is 5.75 Å². The molecule has 2 aromatic rings. The van der Waals surface area contributed by atoms with E-state index in [0.717, 1.165) is 37.9 Å². The molecule has 1 aromatic heterocycles. The van der Waals surface area contributed by atoms with E-state index in [1.807, 2.05) is 18.2 Å². The Morgan fingerprint density at radius 1 is 1.24 bits per heavy atom. The monoisotopic (exact) mass is 365 g/mol. The van der Waals surface area contributed by atoms with Gasteiger partial charge in [-0.05, 0) is 36.8 Å². The number of nitrogens with zero attached hydrogens (tertiary/aromatic N) is 2. The average Bonchev–Trinajstić information content (AvgIpc) is 3.23. The van der Waals surface area contributed by atoms with Crippen LogP contribution in [0.15, 0.2) is 28.8 Å². The fourth-order valence-corrected chi connectivity index (χ4v) is 3.32. The van der Waals surface area contributed by atoms with Crippen LogP contribution in [0.4, 0.5) is 0 Å². The van der Waals surface area contributed by atoms with E-state index in [9.17, 15) is 0 Å². The summed E-state index contributed by atoms with van der Waals surface area (Å²) >= 11 is 0. The van der Waals surface area contributed by atoms with Crippen molar-refractivity contribution in [2.45, 2.75) is 70.4 Å². The van der Waals surface area contributed by atoms with E-state index in [4.69, 9.17) is 15.0 Å². The maximum atomic E-state index is 6.43. The van der Waals surface area contributed by atoms with Gasteiger partial charge in [0.25, 0.3) is 5.89 Å². The Morgan fingerprint density at radius 2 is 1.92 bits per heavy atom. The van der Waals surface area contributed by atoms with E-state index in [-0.39, 0.29) is 18.5 Å². The quantitative estimate of drug-likeness (QED) is 0.790. The summed E-state index contributed by atoms with van der Waals surface area (Å²) in [4.78, 5) is 4.58. The molecule has 1 atom stereocenters. The molecular formula is C19H28ClN3O2. The third kappa shape index (κ3) is 4.15. The van der Waals surface area contributed by atoms with Crippen LogP contribution in [0.25, 0.3) is 0 Å². The van der Waals surface area contributed by atoms with Crippen molar-refractivity contribution in [1.82, 2.24) is 10.1 Å². The van der Waals surface area contributed by atoms with Gasteiger partial charge < -0.3 is 15.0 Å². The number of halogens is 1. The van der Waals surface area contributed by atoms with Crippen molar-refractivity contribution < 1.29 is 9.26 Å². The van der Waals surface area contributed by atoms with Crippen molar-refractivity contribution in [3.63, 3.8) is 0 Å². The predicted octanol–water partition coefficient (Wildman–Crippen LogP) is 4.87. The summed E-state index contributed by atoms with van der Waals surface area (Å²) in [6.07, 6.45) is 4.58. The van der Waals surface area contributed by atoms with Crippen LogP contribution in [0, 0.1) is 0 Å². The molecule has 1 heterocycles. The molecule has 0 aliphatic heterocycles. The molecule has 1 aromatic carbocycles. The number of benzene rings is 1. The van der Waals surface area contributed by atoms with Crippen LogP contribution in [0.2, 0.25) is 0 Å². The summed E-state index contributed by atoms with van der Waals surface area (Å²) in [6, 6.07) is 8.11. The average molecular weight is 366 g/mol. The first-order chi connectivity index (χ1) is 11.5. The van der Waals surface area contributed by atoms with E-state index in [0.29, 0.717) is 17.6 Å². The Bertz CT molecular complexity index is 681. The number of hydrogen-bond acceptors (Lipinski definition) is 5. The van der Waals surface area contributed by atoms with E-state index in [2.05, 4.69) is 37.0 Å². The highest BCUT2D eigenvalue weighted by atomic mass is 35.5. The highest BCUT2D eigenvalue weighted by molar-refractivity contribution is 5.85. The van der Waals surface area contributed by atoms with E-state index in [1.165, 1.54) is 5.56 Å². The molecule has 1 fully saturated rings. The molecule has 1 aliphatic carbocycles. The van der Waals surface area contributed by atoms with E-state index in [1.54, 1.807) is 0 Å². The molecule has 0 saturated heterocycles. The molecule has 6 heteroatoms. The Balaban J connectivity index is 0.00000225. The lowest BCUT2D eigenvalue weighted by Crippen LogP contribution is -2.34. The lowest BCUT2D eigenvalue weighted by atomic mass is 9.99. The number of rotatable bonds is 6. The Hall–Kier alpha value is -1.59. The van der Waals surface area contributed by atoms with Gasteiger partial charge in [0.2, 0.25) is 0 Å². The van der Waals surface area contributed by atoms with E-state index >= 15 is 0 Å². The Morgan fingerprint density at radius 3 is 2.56 bits per heavy atom. The molecule has 1 unspecified atom stereocenters. The maximum absolute atomic E-state index is 6.43. The lowest BCUT2D eigenvalue weighted by molar-refractivity contribution is 0.152. The molecule has 0 bridgehead atoms. The number of nitrogens with two attached hydrogens (primary N) is 1. The van der Waals surface area contributed by atoms with Gasteiger partial charge in [0, 0.05) is 0 Å². The molecule has 2 N–H and O–H groups in total. The van der Waals surface area contributed by atoms with Gasteiger partial charge in [-0.15, -0.1) is 12.4 Å². The van der Waals surface area contributed by atoms with Gasteiger partial charge in [-0.3, -0.25) is 0 Å². The number of ether oxygens (including phenoxy) is 1. The molecule has 5 nitrogen and oxygen atoms in total. The summed E-state index contributed by atoms with van der Waals surface area (Å²) in [7, 11) is 0. The first kappa shape index (κ1) is 19.7. The minimum atomic E-state index is -0.435. The zero-order chi connectivity index (χ0) is 17.2. The SMILES string of the molecule is CCC(Oc1ccccc1C(C)C)c1nc(C2(N)CCCC2)no1.Cl. The highest BCUT2D eigenvalue weighted by Crippen LogP contribution is 2.36. The Kier molecular flexibility index (Phi) is 6.47. The minimum absolute atomic E-state index is 0. The van der Waals surface area contributed by atoms with Crippen molar-refractivity contribution in [2.75, 3.05) is 0 Å². The molecule has 1 aliphatic rings. The standard InChI is InChI=1S/C19H27N3O2.ClH/c1-4-15(23-16-10-6-5-9-14(16)13(2)3)17-21-18(22-24-17)19(20)11-7-8-12-19;/h5-6,9-10,13,15H,4,7-8,11-12,20H2,1-3H3;1H. The summed E-state index contributed by atoms with van der Waals surface area (Å²) < 4.78 is 11.7. The summed E-state index contributed by atoms with van der Waals surface area (Å²) in [5.74, 6) is 2.40. The minimum Gasteiger partial charge on any atom is -0.480 e. The van der Waals surface area contributed by atoms with Gasteiger partial charge in [-0.25, -0.2) is 0 Å². The molecule has 25 heavy (non-hydrogen) atoms. The topological polar surface area (TPSA) is 74.2 Å². The molecule has 0 radical (unpaired) electrons. The molecule has 0 amide bonds. The first-order valence-corrected chi connectivity index (χ1v) is 8.92. The second kappa shape index (κ2) is 8.19. The summed E-state index contributed by atoms with van der Waals surface area (Å²) in [5.41, 5.74) is 7.17. The maximum Gasteiger partial charge on any atom is 0.267 e. The second-order valence-electron chi connectivity index (χ2n) is 7.03. The molecule has 1 saturated carbocycles. The lowest BCUT2D eigenvalue weighted by Gasteiger charge is -2.19. The van der Waals surface area contributed by atoms with Crippen LogP contribution in [0.1, 0.15) is 82.2 Å². The normalized spacial score (nSPS) is 17.3. The van der Waals surface area contributed by atoms with Crippen molar-refractivity contribution in [3.8, 4) is 5.75 Å². The Labute approximate surface area is 155 Å². The van der Waals surface area contributed by atoms with Crippen LogP contribution < -0.4 is 10.5 Å². The molecule has 0 spiro atoms. The fourth-order valence-electron chi connectivity index (χ4n) is 3.32. The van der Waals surface area contributed by atoms with Gasteiger partial charge in [0.1, 0.15) is 5.75 Å². The van der Waals surface area contributed by atoms with Gasteiger partial charge in [-0.2, -0.15) is 4.98 Å². The van der Waals surface area contributed by atoms with Gasteiger partial charge in [0.05, 0.1) is 5.54 Å². The molecular weight excluding hydrogens is 338 g/mol. The van der Waals surface area contributed by atoms with Gasteiger partial charge >= 0.3 is 0 Å². The predicted molar refractivity (Wildman–Crippen MR) is 100 cm³/mol.